The van der Waals surface area contributed by atoms with Gasteiger partial charge in [0.05, 0.1) is 11.0 Å². The Bertz CT molecular complexity index is 1310. The van der Waals surface area contributed by atoms with Gasteiger partial charge in [0, 0.05) is 51.1 Å². The first-order valence-electron chi connectivity index (χ1n) is 13.2. The number of imide groups is 1. The third-order valence-electron chi connectivity index (χ3n) is 8.69. The number of benzene rings is 1. The normalized spacial score (nSPS) is 24.4. The van der Waals surface area contributed by atoms with Crippen LogP contribution in [0.5, 0.6) is 0 Å². The maximum Gasteiger partial charge on any atom is 0.407 e. The summed E-state index contributed by atoms with van der Waals surface area (Å²) in [6, 6.07) is 5.51. The van der Waals surface area contributed by atoms with Gasteiger partial charge in [0.1, 0.15) is 6.04 Å². The monoisotopic (exact) mass is 511 g/mol. The van der Waals surface area contributed by atoms with Crippen LogP contribution >= 0.6 is 0 Å². The SMILES string of the molecule is Cn1c(=O)n(C2CCC(=O)NC2=O)c2cccc(CCN3CC4(CCN(C(=O)O)CC4)C3C(C)(C)C)c21. The van der Waals surface area contributed by atoms with Gasteiger partial charge < -0.3 is 10.0 Å². The van der Waals surface area contributed by atoms with Crippen molar-refractivity contribution >= 4 is 28.9 Å². The second-order valence-corrected chi connectivity index (χ2v) is 12.1. The highest BCUT2D eigenvalue weighted by atomic mass is 16.4. The van der Waals surface area contributed by atoms with E-state index in [2.05, 4.69) is 31.0 Å². The van der Waals surface area contributed by atoms with Crippen molar-refractivity contribution in [1.82, 2.24) is 24.3 Å². The van der Waals surface area contributed by atoms with Gasteiger partial charge in [-0.1, -0.05) is 32.9 Å². The van der Waals surface area contributed by atoms with E-state index in [0.29, 0.717) is 31.1 Å². The van der Waals surface area contributed by atoms with Crippen molar-refractivity contribution in [3.05, 3.63) is 34.2 Å². The molecule has 2 unspecified atom stereocenters. The zero-order valence-electron chi connectivity index (χ0n) is 22.1. The van der Waals surface area contributed by atoms with Gasteiger partial charge in [0.15, 0.2) is 0 Å². The van der Waals surface area contributed by atoms with Crippen LogP contribution < -0.4 is 11.0 Å². The summed E-state index contributed by atoms with van der Waals surface area (Å²) in [6.07, 6.45) is 2.23. The number of carbonyl (C=O) groups excluding carboxylic acids is 2. The van der Waals surface area contributed by atoms with E-state index in [-0.39, 0.29) is 28.8 Å². The topological polar surface area (TPSA) is 117 Å². The first-order valence-corrected chi connectivity index (χ1v) is 13.2. The summed E-state index contributed by atoms with van der Waals surface area (Å²) in [6.45, 7) is 9.76. The van der Waals surface area contributed by atoms with Crippen LogP contribution in [0.4, 0.5) is 4.79 Å². The molecule has 3 fully saturated rings. The van der Waals surface area contributed by atoms with Gasteiger partial charge in [-0.3, -0.25) is 28.9 Å². The molecule has 3 aliphatic heterocycles. The summed E-state index contributed by atoms with van der Waals surface area (Å²) in [4.78, 5) is 52.9. The van der Waals surface area contributed by atoms with Crippen LogP contribution in [0.25, 0.3) is 11.0 Å². The Morgan fingerprint density at radius 3 is 2.49 bits per heavy atom. The molecule has 10 nitrogen and oxygen atoms in total. The lowest BCUT2D eigenvalue weighted by molar-refractivity contribution is -0.149. The van der Waals surface area contributed by atoms with Crippen molar-refractivity contribution < 1.29 is 19.5 Å². The van der Waals surface area contributed by atoms with E-state index in [1.165, 1.54) is 9.47 Å². The number of aryl methyl sites for hydroxylation is 1. The van der Waals surface area contributed by atoms with Crippen molar-refractivity contribution in [3.63, 3.8) is 0 Å². The molecule has 1 aromatic heterocycles. The Balaban J connectivity index is 1.38. The van der Waals surface area contributed by atoms with E-state index in [1.807, 2.05) is 18.2 Å². The number of aromatic nitrogens is 2. The second kappa shape index (κ2) is 9.01. The van der Waals surface area contributed by atoms with Gasteiger partial charge in [0.25, 0.3) is 0 Å². The number of carbonyl (C=O) groups is 3. The molecule has 1 aromatic carbocycles. The summed E-state index contributed by atoms with van der Waals surface area (Å²) >= 11 is 0. The van der Waals surface area contributed by atoms with E-state index in [1.54, 1.807) is 11.6 Å². The number of imidazole rings is 1. The number of fused-ring (bicyclic) bond motifs is 1. The molecule has 3 saturated heterocycles. The number of nitrogens with one attached hydrogen (secondary N) is 1. The number of hydrogen-bond acceptors (Lipinski definition) is 5. The number of hydrogen-bond donors (Lipinski definition) is 2. The van der Waals surface area contributed by atoms with Crippen molar-refractivity contribution in [1.29, 1.82) is 0 Å². The lowest BCUT2D eigenvalue weighted by atomic mass is 9.57. The summed E-state index contributed by atoms with van der Waals surface area (Å²) in [5, 5.41) is 11.7. The number of rotatable bonds is 4. The molecule has 0 bridgehead atoms. The van der Waals surface area contributed by atoms with Crippen LogP contribution in [0.2, 0.25) is 0 Å². The summed E-state index contributed by atoms with van der Waals surface area (Å²) < 4.78 is 3.16. The number of piperidine rings is 2. The molecule has 0 radical (unpaired) electrons. The molecule has 1 spiro atoms. The largest absolute Gasteiger partial charge is 0.465 e. The zero-order valence-corrected chi connectivity index (χ0v) is 22.1. The predicted octanol–water partition coefficient (Wildman–Crippen LogP) is 2.35. The molecule has 2 aromatic rings. The Labute approximate surface area is 216 Å². The average Bonchev–Trinajstić information content (AvgIpc) is 3.06. The van der Waals surface area contributed by atoms with Crippen LogP contribution in [-0.4, -0.2) is 74.2 Å². The standard InChI is InChI=1S/C27H37N5O5/c1-26(2,3)23-27(11-14-30(15-12-27)25(36)37)16-31(23)13-10-17-6-5-7-18-21(17)29(4)24(35)32(18)19-8-9-20(33)28-22(19)34/h5-7,19,23H,8-16H2,1-4H3,(H,36,37)(H,28,33,34). The Hall–Kier alpha value is -3.14. The van der Waals surface area contributed by atoms with Crippen molar-refractivity contribution in [2.24, 2.45) is 17.9 Å². The van der Waals surface area contributed by atoms with Gasteiger partial charge in [-0.15, -0.1) is 0 Å². The Kier molecular flexibility index (Phi) is 6.21. The third-order valence-corrected chi connectivity index (χ3v) is 8.69. The van der Waals surface area contributed by atoms with Gasteiger partial charge in [-0.2, -0.15) is 0 Å². The smallest absolute Gasteiger partial charge is 0.407 e. The number of carboxylic acid groups (broad SMARTS) is 1. The summed E-state index contributed by atoms with van der Waals surface area (Å²) in [7, 11) is 1.74. The molecule has 3 aliphatic rings. The Morgan fingerprint density at radius 2 is 1.86 bits per heavy atom. The van der Waals surface area contributed by atoms with Crippen LogP contribution in [0.3, 0.4) is 0 Å². The molecule has 5 rings (SSSR count). The molecule has 3 amide bonds. The van der Waals surface area contributed by atoms with Crippen LogP contribution in [-0.2, 0) is 23.1 Å². The average molecular weight is 512 g/mol. The fourth-order valence-corrected chi connectivity index (χ4v) is 7.32. The fourth-order valence-electron chi connectivity index (χ4n) is 7.32. The molecule has 0 aliphatic carbocycles. The first kappa shape index (κ1) is 25.5. The molecular weight excluding hydrogens is 474 g/mol. The Morgan fingerprint density at radius 1 is 1.16 bits per heavy atom. The quantitative estimate of drug-likeness (QED) is 0.609. The van der Waals surface area contributed by atoms with Crippen molar-refractivity contribution in [2.75, 3.05) is 26.2 Å². The molecule has 200 valence electrons. The fraction of sp³-hybridized carbons (Fsp3) is 0.630. The highest BCUT2D eigenvalue weighted by Gasteiger charge is 2.57. The number of para-hydroxylation sites is 1. The second-order valence-electron chi connectivity index (χ2n) is 12.1. The number of nitrogens with zero attached hydrogens (tertiary/aromatic N) is 4. The van der Waals surface area contributed by atoms with E-state index < -0.39 is 18.0 Å². The van der Waals surface area contributed by atoms with E-state index >= 15 is 0 Å². The minimum Gasteiger partial charge on any atom is -0.465 e. The highest BCUT2D eigenvalue weighted by molar-refractivity contribution is 6.00. The number of likely N-dealkylation sites (tertiary alicyclic amines) is 2. The van der Waals surface area contributed by atoms with Gasteiger partial charge in [-0.25, -0.2) is 9.59 Å². The van der Waals surface area contributed by atoms with Gasteiger partial charge in [0.2, 0.25) is 11.8 Å². The molecule has 2 atom stereocenters. The highest BCUT2D eigenvalue weighted by Crippen LogP contribution is 2.52. The van der Waals surface area contributed by atoms with Crippen LogP contribution in [0, 0.1) is 10.8 Å². The van der Waals surface area contributed by atoms with Crippen LogP contribution in [0.1, 0.15) is 58.1 Å². The van der Waals surface area contributed by atoms with Gasteiger partial charge >= 0.3 is 11.8 Å². The maximum atomic E-state index is 13.2. The first-order chi connectivity index (χ1) is 17.4. The third kappa shape index (κ3) is 4.24. The summed E-state index contributed by atoms with van der Waals surface area (Å²) in [5.41, 5.74) is 2.54. The minimum absolute atomic E-state index is 0.0532. The zero-order chi connectivity index (χ0) is 26.7. The lowest BCUT2D eigenvalue weighted by Crippen LogP contribution is -2.71. The van der Waals surface area contributed by atoms with Crippen molar-refractivity contribution in [2.45, 2.75) is 65.0 Å². The molecule has 0 saturated carbocycles. The molecule has 10 heteroatoms. The van der Waals surface area contributed by atoms with E-state index in [4.69, 9.17) is 0 Å². The van der Waals surface area contributed by atoms with Gasteiger partial charge in [-0.05, 0) is 42.7 Å². The molecule has 4 heterocycles. The number of amides is 3. The predicted molar refractivity (Wildman–Crippen MR) is 138 cm³/mol. The molecule has 37 heavy (non-hydrogen) atoms. The summed E-state index contributed by atoms with van der Waals surface area (Å²) in [5.74, 6) is -0.728. The van der Waals surface area contributed by atoms with Crippen LogP contribution in [0.15, 0.2) is 23.0 Å². The minimum atomic E-state index is -0.832. The van der Waals surface area contributed by atoms with E-state index in [9.17, 15) is 24.3 Å². The molecule has 2 N–H and O–H groups in total. The van der Waals surface area contributed by atoms with Crippen molar-refractivity contribution in [3.8, 4) is 0 Å². The lowest BCUT2D eigenvalue weighted by Gasteiger charge is -2.64. The van der Waals surface area contributed by atoms with E-state index in [0.717, 1.165) is 43.4 Å². The maximum absolute atomic E-state index is 13.2. The molecular formula is C27H37N5O5.